The highest BCUT2D eigenvalue weighted by Gasteiger charge is 2.39. The second kappa shape index (κ2) is 6.03. The van der Waals surface area contributed by atoms with Gasteiger partial charge in [-0.2, -0.15) is 16.7 Å². The number of thioether (sulfide) groups is 1. The van der Waals surface area contributed by atoms with Crippen molar-refractivity contribution >= 4 is 11.8 Å². The molecule has 2 unspecified atom stereocenters. The molecule has 6 heteroatoms. The number of hydrogen-bond donors (Lipinski definition) is 1. The Morgan fingerprint density at radius 1 is 1.25 bits per heavy atom. The molecule has 2 aliphatic rings. The smallest absolute Gasteiger partial charge is 0.232 e. The van der Waals surface area contributed by atoms with Crippen molar-refractivity contribution in [3.63, 3.8) is 0 Å². The summed E-state index contributed by atoms with van der Waals surface area (Å²) < 4.78 is 11.3. The van der Waals surface area contributed by atoms with Crippen LogP contribution in [0.3, 0.4) is 0 Å². The van der Waals surface area contributed by atoms with Gasteiger partial charge in [0.25, 0.3) is 0 Å². The van der Waals surface area contributed by atoms with Crippen LogP contribution in [0.1, 0.15) is 56.2 Å². The molecular weight excluding hydrogens is 274 g/mol. The predicted molar refractivity (Wildman–Crippen MR) is 78.7 cm³/mol. The van der Waals surface area contributed by atoms with Crippen LogP contribution in [-0.4, -0.2) is 34.8 Å². The highest BCUT2D eigenvalue weighted by molar-refractivity contribution is 7.99. The second-order valence-corrected chi connectivity index (χ2v) is 6.95. The molecule has 0 aromatic carbocycles. The molecule has 1 aromatic rings. The van der Waals surface area contributed by atoms with Gasteiger partial charge in [0.05, 0.1) is 5.92 Å². The molecule has 2 heterocycles. The third kappa shape index (κ3) is 2.61. The fourth-order valence-corrected chi connectivity index (χ4v) is 4.50. The van der Waals surface area contributed by atoms with E-state index in [0.29, 0.717) is 5.89 Å². The summed E-state index contributed by atoms with van der Waals surface area (Å²) in [6, 6.07) is 0.126. The maximum atomic E-state index is 6.11. The van der Waals surface area contributed by atoms with Gasteiger partial charge in [-0.05, 0) is 12.8 Å². The molecule has 1 saturated heterocycles. The number of aromatic nitrogens is 2. The van der Waals surface area contributed by atoms with E-state index in [4.69, 9.17) is 15.0 Å². The average molecular weight is 297 g/mol. The summed E-state index contributed by atoms with van der Waals surface area (Å²) in [5, 5.41) is 4.23. The first-order valence-corrected chi connectivity index (χ1v) is 8.63. The van der Waals surface area contributed by atoms with E-state index < -0.39 is 0 Å². The lowest BCUT2D eigenvalue weighted by Gasteiger charge is -2.27. The van der Waals surface area contributed by atoms with Gasteiger partial charge in [0, 0.05) is 24.7 Å². The standard InChI is InChI=1S/C14H23N3O2S/c1-18-14(6-4-2-3-5-7-14)13-16-12(19-17-13)10-8-20-9-11(10)15/h10-11H,2-9,15H2,1H3. The zero-order chi connectivity index (χ0) is 14.0. The molecule has 0 amide bonds. The van der Waals surface area contributed by atoms with Crippen molar-refractivity contribution in [1.29, 1.82) is 0 Å². The number of rotatable bonds is 3. The molecule has 0 bridgehead atoms. The average Bonchev–Trinajstić information content (AvgIpc) is 3.03. The van der Waals surface area contributed by atoms with Gasteiger partial charge in [0.15, 0.2) is 0 Å². The number of nitrogens with zero attached hydrogens (tertiary/aromatic N) is 2. The van der Waals surface area contributed by atoms with Crippen LogP contribution in [0.25, 0.3) is 0 Å². The van der Waals surface area contributed by atoms with Gasteiger partial charge in [-0.25, -0.2) is 0 Å². The molecule has 2 N–H and O–H groups in total. The van der Waals surface area contributed by atoms with E-state index in [2.05, 4.69) is 10.1 Å². The predicted octanol–water partition coefficient (Wildman–Crippen LogP) is 2.42. The number of nitrogens with two attached hydrogens (primary N) is 1. The van der Waals surface area contributed by atoms with E-state index in [9.17, 15) is 0 Å². The molecule has 20 heavy (non-hydrogen) atoms. The summed E-state index contributed by atoms with van der Waals surface area (Å²) in [5.41, 5.74) is 5.76. The van der Waals surface area contributed by atoms with Gasteiger partial charge in [0.2, 0.25) is 11.7 Å². The zero-order valence-corrected chi connectivity index (χ0v) is 12.8. The first kappa shape index (κ1) is 14.4. The third-order valence-corrected chi connectivity index (χ3v) is 5.81. The minimum atomic E-state index is -0.353. The molecule has 0 spiro atoms. The third-order valence-electron chi connectivity index (χ3n) is 4.59. The van der Waals surface area contributed by atoms with Gasteiger partial charge in [0.1, 0.15) is 5.60 Å². The van der Waals surface area contributed by atoms with E-state index in [0.717, 1.165) is 43.0 Å². The first-order valence-electron chi connectivity index (χ1n) is 7.48. The quantitative estimate of drug-likeness (QED) is 0.864. The van der Waals surface area contributed by atoms with E-state index in [1.165, 1.54) is 12.8 Å². The maximum Gasteiger partial charge on any atom is 0.232 e. The lowest BCUT2D eigenvalue weighted by molar-refractivity contribution is -0.0365. The van der Waals surface area contributed by atoms with Crippen molar-refractivity contribution in [2.75, 3.05) is 18.6 Å². The Bertz CT molecular complexity index is 443. The van der Waals surface area contributed by atoms with Crippen molar-refractivity contribution in [2.24, 2.45) is 5.73 Å². The Kier molecular flexibility index (Phi) is 4.33. The lowest BCUT2D eigenvalue weighted by atomic mass is 9.93. The summed E-state index contributed by atoms with van der Waals surface area (Å²) in [7, 11) is 1.76. The Balaban J connectivity index is 1.83. The van der Waals surface area contributed by atoms with Crippen LogP contribution in [0, 0.1) is 0 Å². The zero-order valence-electron chi connectivity index (χ0n) is 12.0. The Morgan fingerprint density at radius 2 is 2.00 bits per heavy atom. The van der Waals surface area contributed by atoms with Crippen LogP contribution >= 0.6 is 11.8 Å². The molecule has 112 valence electrons. The summed E-state index contributed by atoms with van der Waals surface area (Å²) in [6.07, 6.45) is 6.81. The lowest BCUT2D eigenvalue weighted by Crippen LogP contribution is -2.30. The van der Waals surface area contributed by atoms with Crippen LogP contribution in [0.4, 0.5) is 0 Å². The molecule has 1 aliphatic heterocycles. The van der Waals surface area contributed by atoms with Gasteiger partial charge in [-0.3, -0.25) is 0 Å². The molecule has 2 fully saturated rings. The summed E-state index contributed by atoms with van der Waals surface area (Å²) in [5.74, 6) is 3.56. The van der Waals surface area contributed by atoms with E-state index >= 15 is 0 Å². The Labute approximate surface area is 124 Å². The van der Waals surface area contributed by atoms with E-state index in [1.807, 2.05) is 11.8 Å². The molecule has 2 atom stereocenters. The molecule has 1 saturated carbocycles. The number of ether oxygens (including phenoxy) is 1. The SMILES string of the molecule is COC1(c2noc(C3CSCC3N)n2)CCCCCC1. The summed E-state index contributed by atoms with van der Waals surface area (Å²) in [6.45, 7) is 0. The van der Waals surface area contributed by atoms with Gasteiger partial charge in [-0.15, -0.1) is 0 Å². The minimum Gasteiger partial charge on any atom is -0.370 e. The van der Waals surface area contributed by atoms with Crippen LogP contribution in [-0.2, 0) is 10.3 Å². The topological polar surface area (TPSA) is 74.2 Å². The molecule has 1 aliphatic carbocycles. The largest absolute Gasteiger partial charge is 0.370 e. The van der Waals surface area contributed by atoms with Gasteiger partial charge in [-0.1, -0.05) is 30.8 Å². The van der Waals surface area contributed by atoms with Crippen molar-refractivity contribution in [3.05, 3.63) is 11.7 Å². The minimum absolute atomic E-state index is 0.126. The number of hydrogen-bond acceptors (Lipinski definition) is 6. The molecule has 3 rings (SSSR count). The van der Waals surface area contributed by atoms with Crippen molar-refractivity contribution < 1.29 is 9.26 Å². The van der Waals surface area contributed by atoms with Crippen molar-refractivity contribution in [3.8, 4) is 0 Å². The van der Waals surface area contributed by atoms with Gasteiger partial charge >= 0.3 is 0 Å². The normalized spacial score (nSPS) is 30.3. The first-order chi connectivity index (χ1) is 9.75. The van der Waals surface area contributed by atoms with Crippen LogP contribution < -0.4 is 5.73 Å². The van der Waals surface area contributed by atoms with Crippen LogP contribution in [0.2, 0.25) is 0 Å². The molecule has 5 nitrogen and oxygen atoms in total. The Hall–Kier alpha value is -0.590. The fraction of sp³-hybridized carbons (Fsp3) is 0.857. The summed E-state index contributed by atoms with van der Waals surface area (Å²) in [4.78, 5) is 4.65. The van der Waals surface area contributed by atoms with E-state index in [1.54, 1.807) is 7.11 Å². The highest BCUT2D eigenvalue weighted by Crippen LogP contribution is 2.39. The van der Waals surface area contributed by atoms with Crippen LogP contribution in [0.15, 0.2) is 4.52 Å². The van der Waals surface area contributed by atoms with Crippen LogP contribution in [0.5, 0.6) is 0 Å². The second-order valence-electron chi connectivity index (χ2n) is 5.88. The monoisotopic (exact) mass is 297 g/mol. The fourth-order valence-electron chi connectivity index (χ4n) is 3.21. The molecule has 0 radical (unpaired) electrons. The molecule has 1 aromatic heterocycles. The summed E-state index contributed by atoms with van der Waals surface area (Å²) >= 11 is 1.85. The maximum absolute atomic E-state index is 6.11. The highest BCUT2D eigenvalue weighted by atomic mass is 32.2. The van der Waals surface area contributed by atoms with Crippen molar-refractivity contribution in [1.82, 2.24) is 10.1 Å². The van der Waals surface area contributed by atoms with Gasteiger partial charge < -0.3 is 15.0 Å². The number of methoxy groups -OCH3 is 1. The van der Waals surface area contributed by atoms with E-state index in [-0.39, 0.29) is 17.6 Å². The Morgan fingerprint density at radius 3 is 2.60 bits per heavy atom. The molecular formula is C14H23N3O2S. The van der Waals surface area contributed by atoms with Crippen molar-refractivity contribution in [2.45, 2.75) is 56.1 Å².